The molecule has 2 heterocycles. The number of aryl methyl sites for hydroxylation is 1. The number of ether oxygens (including phenoxy) is 1. The van der Waals surface area contributed by atoms with Crippen LogP contribution in [0.25, 0.3) is 0 Å². The molecule has 2 saturated heterocycles. The predicted molar refractivity (Wildman–Crippen MR) is 118 cm³/mol. The summed E-state index contributed by atoms with van der Waals surface area (Å²) in [7, 11) is 0. The minimum atomic E-state index is -0.908. The topological polar surface area (TPSA) is 100 Å². The fraction of sp³-hybridized carbons (Fsp3) is 0.375. The molecule has 0 aliphatic carbocycles. The molecule has 2 aliphatic heterocycles. The third kappa shape index (κ3) is 5.30. The molecular weight excluding hydrogens is 394 g/mol. The monoisotopic (exact) mass is 421 g/mol. The van der Waals surface area contributed by atoms with Gasteiger partial charge in [-0.1, -0.05) is 30.3 Å². The lowest BCUT2D eigenvalue weighted by atomic mass is 9.77. The van der Waals surface area contributed by atoms with Gasteiger partial charge in [0.2, 0.25) is 5.91 Å². The van der Waals surface area contributed by atoms with Crippen LogP contribution in [0.5, 0.6) is 0 Å². The number of carboxylic acid groups (broad SMARTS) is 1. The van der Waals surface area contributed by atoms with Crippen molar-refractivity contribution in [2.45, 2.75) is 37.9 Å². The van der Waals surface area contributed by atoms with Crippen molar-refractivity contribution in [3.05, 3.63) is 65.7 Å². The molecule has 162 valence electrons. The van der Waals surface area contributed by atoms with Crippen molar-refractivity contribution >= 4 is 23.8 Å². The van der Waals surface area contributed by atoms with E-state index in [0.717, 1.165) is 36.9 Å². The van der Waals surface area contributed by atoms with Gasteiger partial charge in [0.1, 0.15) is 6.54 Å². The molecule has 4 atom stereocenters. The Labute approximate surface area is 181 Å². The third-order valence-electron chi connectivity index (χ3n) is 6.09. The first-order valence-corrected chi connectivity index (χ1v) is 10.7. The van der Waals surface area contributed by atoms with E-state index in [9.17, 15) is 9.59 Å². The molecule has 2 bridgehead atoms. The fourth-order valence-electron chi connectivity index (χ4n) is 4.53. The molecule has 31 heavy (non-hydrogen) atoms. The molecule has 0 spiro atoms. The van der Waals surface area contributed by atoms with Crippen LogP contribution in [-0.2, 0) is 16.0 Å². The van der Waals surface area contributed by atoms with Gasteiger partial charge in [-0.15, -0.1) is 0 Å². The maximum atomic E-state index is 12.0. The maximum absolute atomic E-state index is 12.0. The Morgan fingerprint density at radius 1 is 1.06 bits per heavy atom. The standard InChI is InChI=1S/C24H27N3O4/c28-23(27-18-4-2-1-3-5-18)15-26-25-14-20-19(21-12-13-22(20)31-21)11-8-16-6-9-17(10-7-16)24(29)30/h1-7,9-10,14,19-22,26H,8,11-13,15H2,(H,27,28)(H,29,30). The number of fused-ring (bicyclic) bond motifs is 2. The Morgan fingerprint density at radius 3 is 2.55 bits per heavy atom. The molecule has 0 radical (unpaired) electrons. The average molecular weight is 421 g/mol. The van der Waals surface area contributed by atoms with Gasteiger partial charge in [0.15, 0.2) is 0 Å². The van der Waals surface area contributed by atoms with Gasteiger partial charge in [-0.3, -0.25) is 4.79 Å². The number of carboxylic acids is 1. The molecule has 3 N–H and O–H groups in total. The first-order valence-electron chi connectivity index (χ1n) is 10.7. The lowest BCUT2D eigenvalue weighted by Gasteiger charge is -2.25. The minimum Gasteiger partial charge on any atom is -0.478 e. The second kappa shape index (κ2) is 9.75. The van der Waals surface area contributed by atoms with Crippen molar-refractivity contribution in [2.24, 2.45) is 16.9 Å². The summed E-state index contributed by atoms with van der Waals surface area (Å²) in [6.45, 7) is 0.105. The number of nitrogens with zero attached hydrogens (tertiary/aromatic N) is 1. The highest BCUT2D eigenvalue weighted by atomic mass is 16.5. The Kier molecular flexibility index (Phi) is 6.62. The van der Waals surface area contributed by atoms with Crippen LogP contribution in [-0.4, -0.2) is 42.0 Å². The summed E-state index contributed by atoms with van der Waals surface area (Å²) in [5, 5.41) is 16.2. The third-order valence-corrected chi connectivity index (χ3v) is 6.09. The number of para-hydroxylation sites is 1. The van der Waals surface area contributed by atoms with E-state index in [2.05, 4.69) is 15.8 Å². The number of hydrogen-bond donors (Lipinski definition) is 3. The molecular formula is C24H27N3O4. The number of carbonyl (C=O) groups excluding carboxylic acids is 1. The number of anilines is 1. The number of amides is 1. The highest BCUT2D eigenvalue weighted by molar-refractivity contribution is 5.92. The molecule has 2 aromatic carbocycles. The first-order chi connectivity index (χ1) is 15.1. The van der Waals surface area contributed by atoms with E-state index >= 15 is 0 Å². The van der Waals surface area contributed by atoms with Gasteiger partial charge in [0, 0.05) is 17.8 Å². The number of hydrazone groups is 1. The van der Waals surface area contributed by atoms with E-state index in [1.807, 2.05) is 48.7 Å². The smallest absolute Gasteiger partial charge is 0.335 e. The lowest BCUT2D eigenvalue weighted by Crippen LogP contribution is -2.30. The van der Waals surface area contributed by atoms with Crippen LogP contribution in [0.3, 0.4) is 0 Å². The zero-order valence-corrected chi connectivity index (χ0v) is 17.2. The van der Waals surface area contributed by atoms with E-state index in [-0.39, 0.29) is 30.6 Å². The van der Waals surface area contributed by atoms with Gasteiger partial charge in [-0.25, -0.2) is 4.79 Å². The van der Waals surface area contributed by atoms with Gasteiger partial charge < -0.3 is 20.6 Å². The molecule has 0 aromatic heterocycles. The van der Waals surface area contributed by atoms with Crippen molar-refractivity contribution in [1.29, 1.82) is 0 Å². The van der Waals surface area contributed by atoms with Crippen LogP contribution in [0.1, 0.15) is 35.2 Å². The molecule has 0 saturated carbocycles. The van der Waals surface area contributed by atoms with Gasteiger partial charge in [-0.05, 0) is 61.4 Å². The summed E-state index contributed by atoms with van der Waals surface area (Å²) < 4.78 is 6.12. The van der Waals surface area contributed by atoms with E-state index < -0.39 is 5.97 Å². The fourth-order valence-corrected chi connectivity index (χ4v) is 4.53. The van der Waals surface area contributed by atoms with E-state index in [1.165, 1.54) is 0 Å². The summed E-state index contributed by atoms with van der Waals surface area (Å²) in [6.07, 6.45) is 6.28. The van der Waals surface area contributed by atoms with Crippen LogP contribution in [0.4, 0.5) is 5.69 Å². The van der Waals surface area contributed by atoms with Gasteiger partial charge in [0.25, 0.3) is 0 Å². The molecule has 2 aliphatic rings. The number of benzene rings is 2. The second-order valence-corrected chi connectivity index (χ2v) is 8.10. The number of nitrogens with one attached hydrogen (secondary N) is 2. The highest BCUT2D eigenvalue weighted by Crippen LogP contribution is 2.44. The summed E-state index contributed by atoms with van der Waals surface area (Å²) in [5.74, 6) is -0.452. The summed E-state index contributed by atoms with van der Waals surface area (Å²) in [4.78, 5) is 23.0. The summed E-state index contributed by atoms with van der Waals surface area (Å²) >= 11 is 0. The van der Waals surface area contributed by atoms with Crippen LogP contribution in [0.15, 0.2) is 59.7 Å². The van der Waals surface area contributed by atoms with Crippen molar-refractivity contribution in [3.63, 3.8) is 0 Å². The quantitative estimate of drug-likeness (QED) is 0.426. The maximum Gasteiger partial charge on any atom is 0.335 e. The molecule has 2 fully saturated rings. The van der Waals surface area contributed by atoms with Gasteiger partial charge in [0.05, 0.1) is 17.8 Å². The van der Waals surface area contributed by atoms with Crippen LogP contribution >= 0.6 is 0 Å². The molecule has 7 heteroatoms. The van der Waals surface area contributed by atoms with Crippen LogP contribution < -0.4 is 10.7 Å². The van der Waals surface area contributed by atoms with Crippen molar-refractivity contribution in [3.8, 4) is 0 Å². The first kappa shape index (κ1) is 21.1. The van der Waals surface area contributed by atoms with Crippen molar-refractivity contribution in [2.75, 3.05) is 11.9 Å². The molecule has 4 unspecified atom stereocenters. The number of carbonyl (C=O) groups is 2. The highest BCUT2D eigenvalue weighted by Gasteiger charge is 2.47. The van der Waals surface area contributed by atoms with Gasteiger partial charge in [-0.2, -0.15) is 5.10 Å². The Balaban J connectivity index is 1.27. The molecule has 2 aromatic rings. The molecule has 7 nitrogen and oxygen atoms in total. The Bertz CT molecular complexity index is 930. The average Bonchev–Trinajstić information content (AvgIpc) is 3.38. The normalized spacial score (nSPS) is 24.4. The number of rotatable bonds is 9. The van der Waals surface area contributed by atoms with Crippen molar-refractivity contribution < 1.29 is 19.4 Å². The Hall–Kier alpha value is -3.19. The van der Waals surface area contributed by atoms with Gasteiger partial charge >= 0.3 is 5.97 Å². The predicted octanol–water partition coefficient (Wildman–Crippen LogP) is 3.33. The second-order valence-electron chi connectivity index (χ2n) is 8.10. The zero-order valence-electron chi connectivity index (χ0n) is 17.2. The molecule has 4 rings (SSSR count). The van der Waals surface area contributed by atoms with Crippen molar-refractivity contribution in [1.82, 2.24) is 5.43 Å². The molecule has 1 amide bonds. The SMILES string of the molecule is O=C(CNN=CC1C2CCC(O2)C1CCc1ccc(C(=O)O)cc1)Nc1ccccc1. The van der Waals surface area contributed by atoms with Crippen LogP contribution in [0, 0.1) is 11.8 Å². The zero-order chi connectivity index (χ0) is 21.6. The van der Waals surface area contributed by atoms with E-state index in [4.69, 9.17) is 9.84 Å². The minimum absolute atomic E-state index is 0.105. The Morgan fingerprint density at radius 2 is 1.81 bits per heavy atom. The lowest BCUT2D eigenvalue weighted by molar-refractivity contribution is -0.115. The van der Waals surface area contributed by atoms with E-state index in [1.54, 1.807) is 12.1 Å². The largest absolute Gasteiger partial charge is 0.478 e. The summed E-state index contributed by atoms with van der Waals surface area (Å²) in [6, 6.07) is 16.4. The van der Waals surface area contributed by atoms with E-state index in [0.29, 0.717) is 11.5 Å². The number of aromatic carboxylic acids is 1. The van der Waals surface area contributed by atoms with Crippen LogP contribution in [0.2, 0.25) is 0 Å². The summed E-state index contributed by atoms with van der Waals surface area (Å²) in [5.41, 5.74) is 5.04. The number of hydrogen-bond acceptors (Lipinski definition) is 5.